The van der Waals surface area contributed by atoms with Gasteiger partial charge in [0.05, 0.1) is 5.56 Å². The molecule has 1 aliphatic rings. The topological polar surface area (TPSA) is 102 Å². The van der Waals surface area contributed by atoms with Crippen LogP contribution in [0.4, 0.5) is 5.82 Å². The lowest BCUT2D eigenvalue weighted by Crippen LogP contribution is -2.49. The minimum absolute atomic E-state index is 0.0775. The van der Waals surface area contributed by atoms with Crippen molar-refractivity contribution in [1.82, 2.24) is 15.3 Å². The first-order chi connectivity index (χ1) is 11.2. The van der Waals surface area contributed by atoms with Crippen LogP contribution in [-0.4, -0.2) is 35.0 Å². The molecule has 0 unspecified atom stereocenters. The second-order valence-electron chi connectivity index (χ2n) is 5.28. The quantitative estimate of drug-likeness (QED) is 0.878. The highest BCUT2D eigenvalue weighted by Crippen LogP contribution is 2.18. The summed E-state index contributed by atoms with van der Waals surface area (Å²) in [6.07, 6.45) is 4.73. The van der Waals surface area contributed by atoms with E-state index in [4.69, 9.17) is 5.26 Å². The van der Waals surface area contributed by atoms with Crippen molar-refractivity contribution >= 4 is 23.1 Å². The monoisotopic (exact) mass is 329 g/mol. The molecule has 0 aromatic carbocycles. The molecule has 3 rings (SSSR count). The molecule has 2 aromatic rings. The first-order valence-corrected chi connectivity index (χ1v) is 8.14. The molecule has 1 saturated heterocycles. The van der Waals surface area contributed by atoms with Gasteiger partial charge in [0.25, 0.3) is 11.5 Å². The Balaban J connectivity index is 1.70. The largest absolute Gasteiger partial charge is 0.350 e. The normalized spacial score (nSPS) is 17.5. The van der Waals surface area contributed by atoms with Crippen LogP contribution in [0.1, 0.15) is 28.1 Å². The lowest BCUT2D eigenvalue weighted by molar-refractivity contribution is 0.0937. The maximum Gasteiger partial charge on any atom is 0.290 e. The van der Waals surface area contributed by atoms with E-state index in [9.17, 15) is 9.59 Å². The van der Waals surface area contributed by atoms with Crippen molar-refractivity contribution in [3.05, 3.63) is 44.6 Å². The first kappa shape index (κ1) is 15.2. The molecule has 8 heteroatoms. The van der Waals surface area contributed by atoms with Crippen LogP contribution in [-0.2, 0) is 0 Å². The Morgan fingerprint density at radius 2 is 2.43 bits per heavy atom. The van der Waals surface area contributed by atoms with Gasteiger partial charge in [-0.25, -0.2) is 4.98 Å². The van der Waals surface area contributed by atoms with Crippen molar-refractivity contribution in [2.45, 2.75) is 18.9 Å². The highest BCUT2D eigenvalue weighted by molar-refractivity contribution is 7.12. The smallest absolute Gasteiger partial charge is 0.290 e. The van der Waals surface area contributed by atoms with Gasteiger partial charge in [-0.3, -0.25) is 9.59 Å². The van der Waals surface area contributed by atoms with Crippen LogP contribution in [0.3, 0.4) is 0 Å². The predicted molar refractivity (Wildman–Crippen MR) is 86.6 cm³/mol. The van der Waals surface area contributed by atoms with Gasteiger partial charge in [-0.05, 0) is 24.3 Å². The molecule has 1 atom stereocenters. The molecule has 2 N–H and O–H groups in total. The van der Waals surface area contributed by atoms with Crippen LogP contribution in [0.15, 0.2) is 28.6 Å². The molecule has 2 aromatic heterocycles. The zero-order valence-corrected chi connectivity index (χ0v) is 13.1. The van der Waals surface area contributed by atoms with E-state index in [2.05, 4.69) is 15.3 Å². The molecule has 0 spiro atoms. The van der Waals surface area contributed by atoms with Crippen molar-refractivity contribution < 1.29 is 4.79 Å². The van der Waals surface area contributed by atoms with E-state index < -0.39 is 0 Å². The second-order valence-corrected chi connectivity index (χ2v) is 6.19. The number of carbonyl (C=O) groups excluding carboxylic acids is 1. The van der Waals surface area contributed by atoms with Gasteiger partial charge >= 0.3 is 0 Å². The number of piperidine rings is 1. The third-order valence-corrected chi connectivity index (χ3v) is 4.65. The van der Waals surface area contributed by atoms with E-state index in [-0.39, 0.29) is 17.5 Å². The molecule has 0 saturated carbocycles. The fraction of sp³-hybridized carbons (Fsp3) is 0.333. The lowest BCUT2D eigenvalue weighted by Gasteiger charge is -2.33. The number of hydrogen-bond acceptors (Lipinski definition) is 6. The average molecular weight is 329 g/mol. The molecule has 0 bridgehead atoms. The fourth-order valence-corrected chi connectivity index (χ4v) is 3.43. The number of aromatic amines is 1. The summed E-state index contributed by atoms with van der Waals surface area (Å²) >= 11 is 1.25. The number of H-pyrrole nitrogens is 1. The molecule has 1 aliphatic heterocycles. The average Bonchev–Trinajstić information content (AvgIpc) is 3.04. The van der Waals surface area contributed by atoms with Crippen LogP contribution in [0.25, 0.3) is 0 Å². The number of nitrogens with one attached hydrogen (secondary N) is 2. The first-order valence-electron chi connectivity index (χ1n) is 7.26. The van der Waals surface area contributed by atoms with Gasteiger partial charge in [-0.15, -0.1) is 11.3 Å². The summed E-state index contributed by atoms with van der Waals surface area (Å²) in [7, 11) is 0. The van der Waals surface area contributed by atoms with Crippen LogP contribution in [0, 0.1) is 11.3 Å². The minimum Gasteiger partial charge on any atom is -0.350 e. The van der Waals surface area contributed by atoms with Crippen LogP contribution < -0.4 is 15.8 Å². The Morgan fingerprint density at radius 1 is 1.57 bits per heavy atom. The van der Waals surface area contributed by atoms with E-state index in [1.54, 1.807) is 17.6 Å². The van der Waals surface area contributed by atoms with Crippen LogP contribution in [0.2, 0.25) is 0 Å². The van der Waals surface area contributed by atoms with E-state index in [0.717, 1.165) is 19.4 Å². The van der Waals surface area contributed by atoms with Gasteiger partial charge in [-0.2, -0.15) is 5.26 Å². The van der Waals surface area contributed by atoms with Crippen molar-refractivity contribution in [3.8, 4) is 6.07 Å². The van der Waals surface area contributed by atoms with Gasteiger partial charge < -0.3 is 15.2 Å². The molecule has 23 heavy (non-hydrogen) atoms. The summed E-state index contributed by atoms with van der Waals surface area (Å²) in [5, 5.41) is 13.7. The molecule has 1 amide bonds. The fourth-order valence-electron chi connectivity index (χ4n) is 2.68. The number of nitrogens with zero attached hydrogens (tertiary/aromatic N) is 3. The number of anilines is 1. The summed E-state index contributed by atoms with van der Waals surface area (Å²) in [4.78, 5) is 33.2. The maximum atomic E-state index is 12.3. The summed E-state index contributed by atoms with van der Waals surface area (Å²) in [6.45, 7) is 1.26. The molecule has 7 nitrogen and oxygen atoms in total. The van der Waals surface area contributed by atoms with Gasteiger partial charge in [0.15, 0.2) is 5.82 Å². The van der Waals surface area contributed by atoms with Gasteiger partial charge in [-0.1, -0.05) is 0 Å². The highest BCUT2D eigenvalue weighted by Gasteiger charge is 2.25. The molecular formula is C15H15N5O2S. The summed E-state index contributed by atoms with van der Waals surface area (Å²) in [5.74, 6) is 0.138. The molecule has 3 heterocycles. The number of amides is 1. The van der Waals surface area contributed by atoms with Gasteiger partial charge in [0.2, 0.25) is 0 Å². The number of carbonyl (C=O) groups is 1. The van der Waals surface area contributed by atoms with E-state index >= 15 is 0 Å². The molecule has 0 radical (unpaired) electrons. The Hall–Kier alpha value is -2.66. The summed E-state index contributed by atoms with van der Waals surface area (Å²) < 4.78 is 0. The Kier molecular flexibility index (Phi) is 4.39. The molecule has 1 fully saturated rings. The minimum atomic E-state index is -0.238. The van der Waals surface area contributed by atoms with Gasteiger partial charge in [0, 0.05) is 31.5 Å². The third-order valence-electron chi connectivity index (χ3n) is 3.74. The van der Waals surface area contributed by atoms with Crippen molar-refractivity contribution in [3.63, 3.8) is 0 Å². The Labute approximate surface area is 136 Å². The molecular weight excluding hydrogens is 314 g/mol. The number of thiophene rings is 1. The van der Waals surface area contributed by atoms with Crippen LogP contribution in [0.5, 0.6) is 0 Å². The van der Waals surface area contributed by atoms with E-state index in [1.165, 1.54) is 17.5 Å². The van der Waals surface area contributed by atoms with Crippen LogP contribution >= 0.6 is 11.3 Å². The number of hydrogen-bond donors (Lipinski definition) is 2. The maximum absolute atomic E-state index is 12.3. The van der Waals surface area contributed by atoms with E-state index in [1.807, 2.05) is 11.0 Å². The van der Waals surface area contributed by atoms with Crippen molar-refractivity contribution in [2.75, 3.05) is 18.0 Å². The summed E-state index contributed by atoms with van der Waals surface area (Å²) in [5.41, 5.74) is 0.158. The zero-order chi connectivity index (χ0) is 16.2. The van der Waals surface area contributed by atoms with Crippen molar-refractivity contribution in [2.24, 2.45) is 0 Å². The predicted octanol–water partition coefficient (Wildman–Crippen LogP) is 1.10. The summed E-state index contributed by atoms with van der Waals surface area (Å²) in [6, 6.07) is 3.58. The molecule has 118 valence electrons. The number of rotatable bonds is 3. The molecule has 0 aliphatic carbocycles. The number of nitriles is 1. The zero-order valence-electron chi connectivity index (χ0n) is 12.3. The SMILES string of the molecule is N#Cc1ccsc1C(=O)N[C@@H]1CCCN(c2ncc[nH]c2=O)C1. The highest BCUT2D eigenvalue weighted by atomic mass is 32.1. The Morgan fingerprint density at radius 3 is 3.22 bits per heavy atom. The second kappa shape index (κ2) is 6.62. The Bertz CT molecular complexity index is 806. The third kappa shape index (κ3) is 3.24. The lowest BCUT2D eigenvalue weighted by atomic mass is 10.1. The number of aromatic nitrogens is 2. The van der Waals surface area contributed by atoms with Gasteiger partial charge in [0.1, 0.15) is 10.9 Å². The van der Waals surface area contributed by atoms with Crippen molar-refractivity contribution in [1.29, 1.82) is 5.26 Å². The standard InChI is InChI=1S/C15H15N5O2S/c16-8-10-3-7-23-12(10)14(21)19-11-2-1-6-20(9-11)13-15(22)18-5-4-17-13/h3-5,7,11H,1-2,6,9H2,(H,18,22)(H,19,21)/t11-/m1/s1. The van der Waals surface area contributed by atoms with E-state index in [0.29, 0.717) is 22.8 Å².